The molecule has 1 aromatic rings. The maximum absolute atomic E-state index is 12.6. The highest BCUT2D eigenvalue weighted by Crippen LogP contribution is 2.47. The minimum atomic E-state index is 0.276. The minimum Gasteiger partial charge on any atom is -0.464 e. The number of furan rings is 1. The van der Waals surface area contributed by atoms with Crippen molar-refractivity contribution >= 4 is 5.91 Å². The van der Waals surface area contributed by atoms with E-state index >= 15 is 0 Å². The molecule has 0 bridgehead atoms. The van der Waals surface area contributed by atoms with Crippen LogP contribution >= 0.6 is 0 Å². The summed E-state index contributed by atoms with van der Waals surface area (Å²) in [7, 11) is 2.12. The molecule has 5 nitrogen and oxygen atoms in total. The van der Waals surface area contributed by atoms with Crippen molar-refractivity contribution < 1.29 is 9.21 Å². The molecule has 2 aliphatic carbocycles. The molecule has 2 saturated carbocycles. The topological polar surface area (TPSA) is 39.9 Å². The Morgan fingerprint density at radius 3 is 2.58 bits per heavy atom. The van der Waals surface area contributed by atoms with E-state index in [2.05, 4.69) is 35.9 Å². The van der Waals surface area contributed by atoms with Gasteiger partial charge in [-0.2, -0.15) is 0 Å². The molecule has 0 spiro atoms. The molecule has 4 rings (SSSR count). The highest BCUT2D eigenvalue weighted by molar-refractivity contribution is 5.78. The summed E-state index contributed by atoms with van der Waals surface area (Å²) in [6.45, 7) is 7.26. The average molecular weight is 331 g/mol. The van der Waals surface area contributed by atoms with Gasteiger partial charge < -0.3 is 14.2 Å². The lowest BCUT2D eigenvalue weighted by Gasteiger charge is -2.34. The predicted octanol–water partition coefficient (Wildman–Crippen LogP) is 2.14. The predicted molar refractivity (Wildman–Crippen MR) is 92.7 cm³/mol. The molecule has 0 N–H and O–H groups in total. The summed E-state index contributed by atoms with van der Waals surface area (Å²) in [5.74, 6) is 3.82. The van der Waals surface area contributed by atoms with Crippen LogP contribution in [0.4, 0.5) is 0 Å². The molecule has 132 valence electrons. The highest BCUT2D eigenvalue weighted by atomic mass is 16.3. The van der Waals surface area contributed by atoms with E-state index in [0.29, 0.717) is 18.5 Å². The lowest BCUT2D eigenvalue weighted by atomic mass is 10.3. The minimum absolute atomic E-state index is 0.276. The Bertz CT molecular complexity index is 587. The summed E-state index contributed by atoms with van der Waals surface area (Å²) in [5, 5.41) is 0. The number of carbonyl (C=O) groups is 1. The van der Waals surface area contributed by atoms with Crippen molar-refractivity contribution in [3.8, 4) is 0 Å². The molecule has 0 radical (unpaired) electrons. The third kappa shape index (κ3) is 3.67. The molecule has 1 amide bonds. The monoisotopic (exact) mass is 331 g/mol. The SMILES string of the molecule is C[C@@H]1C[C@@H]1c1ccc(CN(CC(=O)N2CCN(C)CC2)C2CC2)o1. The summed E-state index contributed by atoms with van der Waals surface area (Å²) in [6.07, 6.45) is 3.67. The van der Waals surface area contributed by atoms with Gasteiger partial charge in [-0.1, -0.05) is 6.92 Å². The zero-order valence-electron chi connectivity index (χ0n) is 14.9. The first-order valence-electron chi connectivity index (χ1n) is 9.39. The molecule has 2 heterocycles. The standard InChI is InChI=1S/C19H29N3O2/c1-14-11-17(14)18-6-5-16(24-18)12-22(15-3-4-15)13-19(23)21-9-7-20(2)8-10-21/h5-6,14-15,17H,3-4,7-13H2,1-2H3/t14-,17+/m1/s1. The maximum atomic E-state index is 12.6. The van der Waals surface area contributed by atoms with Crippen LogP contribution in [0.3, 0.4) is 0 Å². The molecule has 1 aromatic heterocycles. The first kappa shape index (κ1) is 16.2. The smallest absolute Gasteiger partial charge is 0.236 e. The molecule has 5 heteroatoms. The van der Waals surface area contributed by atoms with Crippen molar-refractivity contribution in [1.29, 1.82) is 0 Å². The van der Waals surface area contributed by atoms with Crippen molar-refractivity contribution in [2.75, 3.05) is 39.8 Å². The normalized spacial score (nSPS) is 27.7. The van der Waals surface area contributed by atoms with E-state index in [9.17, 15) is 4.79 Å². The number of piperazine rings is 1. The molecule has 2 atom stereocenters. The average Bonchev–Trinajstić information content (AvgIpc) is 3.48. The van der Waals surface area contributed by atoms with Gasteiger partial charge in [0.1, 0.15) is 11.5 Å². The Morgan fingerprint density at radius 2 is 1.96 bits per heavy atom. The molecule has 24 heavy (non-hydrogen) atoms. The summed E-state index contributed by atoms with van der Waals surface area (Å²) in [5.41, 5.74) is 0. The number of hydrogen-bond acceptors (Lipinski definition) is 4. The van der Waals surface area contributed by atoms with Crippen molar-refractivity contribution in [2.45, 2.75) is 44.7 Å². The fourth-order valence-corrected chi connectivity index (χ4v) is 3.68. The van der Waals surface area contributed by atoms with Crippen molar-refractivity contribution in [2.24, 2.45) is 5.92 Å². The van der Waals surface area contributed by atoms with Crippen LogP contribution in [-0.4, -0.2) is 66.4 Å². The number of likely N-dealkylation sites (N-methyl/N-ethyl adjacent to an activating group) is 1. The second kappa shape index (κ2) is 6.52. The molecule has 3 fully saturated rings. The third-order valence-electron chi connectivity index (χ3n) is 5.77. The van der Waals surface area contributed by atoms with Crippen LogP contribution in [0.25, 0.3) is 0 Å². The van der Waals surface area contributed by atoms with Gasteiger partial charge in [0.05, 0.1) is 13.1 Å². The van der Waals surface area contributed by atoms with Crippen LogP contribution in [0.2, 0.25) is 0 Å². The summed E-state index contributed by atoms with van der Waals surface area (Å²) < 4.78 is 6.05. The first-order valence-corrected chi connectivity index (χ1v) is 9.39. The van der Waals surface area contributed by atoms with Crippen molar-refractivity contribution in [3.63, 3.8) is 0 Å². The van der Waals surface area contributed by atoms with Gasteiger partial charge in [-0.05, 0) is 44.4 Å². The van der Waals surface area contributed by atoms with Gasteiger partial charge in [-0.3, -0.25) is 9.69 Å². The molecule has 3 aliphatic rings. The van der Waals surface area contributed by atoms with E-state index in [1.807, 2.05) is 4.90 Å². The van der Waals surface area contributed by atoms with Crippen LogP contribution < -0.4 is 0 Å². The third-order valence-corrected chi connectivity index (χ3v) is 5.77. The van der Waals surface area contributed by atoms with Gasteiger partial charge >= 0.3 is 0 Å². The summed E-state index contributed by atoms with van der Waals surface area (Å²) >= 11 is 0. The van der Waals surface area contributed by atoms with Crippen LogP contribution in [0.15, 0.2) is 16.5 Å². The summed E-state index contributed by atoms with van der Waals surface area (Å²) in [4.78, 5) is 19.3. The fourth-order valence-electron chi connectivity index (χ4n) is 3.68. The van der Waals surface area contributed by atoms with Crippen LogP contribution in [-0.2, 0) is 11.3 Å². The number of rotatable bonds is 6. The van der Waals surface area contributed by atoms with Crippen LogP contribution in [0, 0.1) is 5.92 Å². The maximum Gasteiger partial charge on any atom is 0.236 e. The zero-order valence-corrected chi connectivity index (χ0v) is 14.9. The van der Waals surface area contributed by atoms with Gasteiger partial charge in [0.2, 0.25) is 5.91 Å². The van der Waals surface area contributed by atoms with E-state index in [1.165, 1.54) is 19.3 Å². The second-order valence-electron chi connectivity index (χ2n) is 7.94. The zero-order chi connectivity index (χ0) is 16.7. The molecular formula is C19H29N3O2. The highest BCUT2D eigenvalue weighted by Gasteiger charge is 2.37. The second-order valence-corrected chi connectivity index (χ2v) is 7.94. The Balaban J connectivity index is 1.34. The molecule has 1 saturated heterocycles. The Labute approximate surface area is 144 Å². The summed E-state index contributed by atoms with van der Waals surface area (Å²) in [6, 6.07) is 4.81. The van der Waals surface area contributed by atoms with E-state index < -0.39 is 0 Å². The van der Waals surface area contributed by atoms with Gasteiger partial charge in [-0.25, -0.2) is 0 Å². The van der Waals surface area contributed by atoms with E-state index in [0.717, 1.165) is 50.2 Å². The molecule has 0 aromatic carbocycles. The first-order chi connectivity index (χ1) is 11.6. The number of nitrogens with zero attached hydrogens (tertiary/aromatic N) is 3. The van der Waals surface area contributed by atoms with Gasteiger partial charge in [0.15, 0.2) is 0 Å². The van der Waals surface area contributed by atoms with Crippen molar-refractivity contribution in [3.05, 3.63) is 23.7 Å². The number of hydrogen-bond donors (Lipinski definition) is 0. The van der Waals surface area contributed by atoms with Crippen LogP contribution in [0.1, 0.15) is 43.6 Å². The molecule has 0 unspecified atom stereocenters. The number of amides is 1. The Hall–Kier alpha value is -1.33. The lowest BCUT2D eigenvalue weighted by molar-refractivity contribution is -0.134. The quantitative estimate of drug-likeness (QED) is 0.801. The van der Waals surface area contributed by atoms with Gasteiger partial charge in [-0.15, -0.1) is 0 Å². The Morgan fingerprint density at radius 1 is 1.25 bits per heavy atom. The van der Waals surface area contributed by atoms with Gasteiger partial charge in [0.25, 0.3) is 0 Å². The van der Waals surface area contributed by atoms with E-state index in [1.54, 1.807) is 0 Å². The van der Waals surface area contributed by atoms with Gasteiger partial charge in [0, 0.05) is 38.1 Å². The lowest BCUT2D eigenvalue weighted by Crippen LogP contribution is -2.50. The molecular weight excluding hydrogens is 302 g/mol. The Kier molecular flexibility index (Phi) is 4.39. The fraction of sp³-hybridized carbons (Fsp3) is 0.737. The molecule has 1 aliphatic heterocycles. The van der Waals surface area contributed by atoms with Crippen molar-refractivity contribution in [1.82, 2.24) is 14.7 Å². The van der Waals surface area contributed by atoms with Crippen LogP contribution in [0.5, 0.6) is 0 Å². The number of carbonyl (C=O) groups excluding carboxylic acids is 1. The largest absolute Gasteiger partial charge is 0.464 e. The van der Waals surface area contributed by atoms with E-state index in [-0.39, 0.29) is 5.91 Å². The van der Waals surface area contributed by atoms with E-state index in [4.69, 9.17) is 4.42 Å².